The van der Waals surface area contributed by atoms with Gasteiger partial charge in [0.1, 0.15) is 19.0 Å². The van der Waals surface area contributed by atoms with Crippen LogP contribution in [-0.4, -0.2) is 53.6 Å². The normalized spacial score (nSPS) is 11.9. The van der Waals surface area contributed by atoms with Gasteiger partial charge in [0.25, 0.3) is 0 Å². The van der Waals surface area contributed by atoms with Crippen LogP contribution in [0.5, 0.6) is 5.75 Å². The highest BCUT2D eigenvalue weighted by atomic mass is 16.5. The van der Waals surface area contributed by atoms with Gasteiger partial charge in [0.2, 0.25) is 11.8 Å². The Hall–Kier alpha value is -4.69. The summed E-state index contributed by atoms with van der Waals surface area (Å²) in [7, 11) is 0. The minimum atomic E-state index is -0.678. The second-order valence-corrected chi connectivity index (χ2v) is 11.5. The molecule has 0 radical (unpaired) electrons. The molecule has 0 aromatic heterocycles. The number of ether oxygens (including phenoxy) is 2. The molecule has 0 heterocycles. The van der Waals surface area contributed by atoms with E-state index >= 15 is 0 Å². The zero-order chi connectivity index (χ0) is 33.7. The van der Waals surface area contributed by atoms with Crippen molar-refractivity contribution in [3.8, 4) is 5.75 Å². The van der Waals surface area contributed by atoms with Crippen molar-refractivity contribution in [1.29, 1.82) is 0 Å². The molecule has 0 aliphatic heterocycles. The summed E-state index contributed by atoms with van der Waals surface area (Å²) in [5.41, 5.74) is 2.93. The van der Waals surface area contributed by atoms with E-state index in [0.29, 0.717) is 32.4 Å². The number of rotatable bonds is 22. The molecule has 2 N–H and O–H groups in total. The lowest BCUT2D eigenvalue weighted by Gasteiger charge is -2.26. The first kappa shape index (κ1) is 36.8. The molecule has 0 saturated heterocycles. The van der Waals surface area contributed by atoms with E-state index in [1.807, 2.05) is 91.0 Å². The number of unbranched alkanes of at least 4 members (excludes halogenated alkanes) is 2. The number of esters is 1. The Morgan fingerprint density at radius 2 is 1.53 bits per heavy atom. The average Bonchev–Trinajstić information content (AvgIpc) is 3.09. The van der Waals surface area contributed by atoms with E-state index in [1.165, 1.54) is 0 Å². The smallest absolute Gasteiger partial charge is 0.305 e. The number of carbonyl (C=O) groups excluding carboxylic acids is 3. The number of nitrogens with zero attached hydrogens (tertiary/aromatic N) is 1. The number of benzene rings is 3. The average molecular weight is 641 g/mol. The van der Waals surface area contributed by atoms with Crippen LogP contribution in [0.4, 0.5) is 0 Å². The fourth-order valence-corrected chi connectivity index (χ4v) is 5.08. The number of nitrogens with one attached hydrogen (secondary N) is 1. The molecule has 0 bridgehead atoms. The van der Waals surface area contributed by atoms with Crippen molar-refractivity contribution < 1.29 is 29.0 Å². The van der Waals surface area contributed by atoms with Crippen molar-refractivity contribution in [2.24, 2.45) is 5.92 Å². The predicted molar refractivity (Wildman–Crippen MR) is 184 cm³/mol. The van der Waals surface area contributed by atoms with Crippen LogP contribution in [0.2, 0.25) is 0 Å². The fraction of sp³-hybridized carbons (Fsp3) is 0.359. The zero-order valence-corrected chi connectivity index (χ0v) is 27.2. The first-order chi connectivity index (χ1) is 22.9. The van der Waals surface area contributed by atoms with Crippen molar-refractivity contribution in [3.63, 3.8) is 0 Å². The lowest BCUT2D eigenvalue weighted by atomic mass is 9.98. The van der Waals surface area contributed by atoms with Gasteiger partial charge in [0.15, 0.2) is 0 Å². The molecule has 0 saturated carbocycles. The molecular formula is C39H48N2O6. The van der Waals surface area contributed by atoms with Gasteiger partial charge in [-0.15, -0.1) is 13.2 Å². The standard InChI is InChI=1S/C39H48N2O6/c1-3-5-6-13-19-38(44)47-30-35(26-31-20-22-36(23-21-31)46-29-33-17-11-8-12-18-33)40-39(45)34(14-4-2)27-37(43)41(24-25-42)28-32-15-9-7-10-16-32/h3-4,7-12,15-18,20-23,34-35,42H,1-2,5-6,13-14,19,24-30H2,(H,40,45). The van der Waals surface area contributed by atoms with Crippen LogP contribution in [0.15, 0.2) is 110 Å². The first-order valence-corrected chi connectivity index (χ1v) is 16.3. The van der Waals surface area contributed by atoms with Crippen LogP contribution >= 0.6 is 0 Å². The Morgan fingerprint density at radius 1 is 0.851 bits per heavy atom. The largest absolute Gasteiger partial charge is 0.489 e. The van der Waals surface area contributed by atoms with Gasteiger partial charge in [-0.1, -0.05) is 84.9 Å². The minimum Gasteiger partial charge on any atom is -0.489 e. The van der Waals surface area contributed by atoms with E-state index in [9.17, 15) is 19.5 Å². The van der Waals surface area contributed by atoms with Gasteiger partial charge in [0.05, 0.1) is 18.6 Å². The number of aliphatic hydroxyl groups is 1. The molecule has 3 rings (SSSR count). The van der Waals surface area contributed by atoms with E-state index in [-0.39, 0.29) is 50.4 Å². The van der Waals surface area contributed by atoms with Crippen LogP contribution in [0.3, 0.4) is 0 Å². The van der Waals surface area contributed by atoms with Gasteiger partial charge in [-0.2, -0.15) is 0 Å². The summed E-state index contributed by atoms with van der Waals surface area (Å²) in [6.45, 7) is 8.26. The summed E-state index contributed by atoms with van der Waals surface area (Å²) in [5, 5.41) is 12.7. The molecule has 0 aliphatic rings. The molecule has 8 heteroatoms. The van der Waals surface area contributed by atoms with E-state index in [0.717, 1.165) is 35.3 Å². The molecule has 250 valence electrons. The molecule has 3 aromatic carbocycles. The maximum atomic E-state index is 13.6. The van der Waals surface area contributed by atoms with Crippen LogP contribution in [0, 0.1) is 5.92 Å². The van der Waals surface area contributed by atoms with Gasteiger partial charge in [-0.05, 0) is 60.9 Å². The zero-order valence-electron chi connectivity index (χ0n) is 27.2. The molecule has 2 unspecified atom stereocenters. The molecule has 47 heavy (non-hydrogen) atoms. The second-order valence-electron chi connectivity index (χ2n) is 11.5. The molecule has 8 nitrogen and oxygen atoms in total. The monoisotopic (exact) mass is 640 g/mol. The highest BCUT2D eigenvalue weighted by Crippen LogP contribution is 2.18. The van der Waals surface area contributed by atoms with Gasteiger partial charge in [-0.3, -0.25) is 14.4 Å². The Labute approximate surface area is 279 Å². The summed E-state index contributed by atoms with van der Waals surface area (Å²) in [4.78, 5) is 41.0. The van der Waals surface area contributed by atoms with Crippen molar-refractivity contribution in [2.45, 2.75) is 64.1 Å². The fourth-order valence-electron chi connectivity index (χ4n) is 5.08. The van der Waals surface area contributed by atoms with Gasteiger partial charge >= 0.3 is 5.97 Å². The van der Waals surface area contributed by atoms with Crippen molar-refractivity contribution in [3.05, 3.63) is 127 Å². The number of hydrogen-bond acceptors (Lipinski definition) is 6. The molecular weight excluding hydrogens is 592 g/mol. The topological polar surface area (TPSA) is 105 Å². The number of hydrogen-bond donors (Lipinski definition) is 2. The number of carbonyl (C=O) groups is 3. The van der Waals surface area contributed by atoms with Crippen LogP contribution in [-0.2, 0) is 38.7 Å². The van der Waals surface area contributed by atoms with Crippen molar-refractivity contribution in [2.75, 3.05) is 19.8 Å². The summed E-state index contributed by atoms with van der Waals surface area (Å²) in [6, 6.07) is 26.5. The predicted octanol–water partition coefficient (Wildman–Crippen LogP) is 6.19. The minimum absolute atomic E-state index is 0.00229. The SMILES string of the molecule is C=CCCCCC(=O)OCC(Cc1ccc(OCc2ccccc2)cc1)NC(=O)C(CC=C)CC(=O)N(CCO)Cc1ccccc1. The lowest BCUT2D eigenvalue weighted by Crippen LogP contribution is -2.44. The van der Waals surface area contributed by atoms with E-state index < -0.39 is 12.0 Å². The molecule has 2 atom stereocenters. The van der Waals surface area contributed by atoms with Crippen LogP contribution < -0.4 is 10.1 Å². The van der Waals surface area contributed by atoms with Gasteiger partial charge < -0.3 is 24.8 Å². The second kappa shape index (κ2) is 21.2. The van der Waals surface area contributed by atoms with Crippen LogP contribution in [0.1, 0.15) is 55.2 Å². The van der Waals surface area contributed by atoms with Crippen LogP contribution in [0.25, 0.3) is 0 Å². The third-order valence-corrected chi connectivity index (χ3v) is 7.67. The molecule has 3 aromatic rings. The third-order valence-electron chi connectivity index (χ3n) is 7.67. The van der Waals surface area contributed by atoms with E-state index in [2.05, 4.69) is 18.5 Å². The lowest BCUT2D eigenvalue weighted by molar-refractivity contribution is -0.145. The Kier molecular flexibility index (Phi) is 16.6. The Balaban J connectivity index is 1.67. The van der Waals surface area contributed by atoms with E-state index in [4.69, 9.17) is 9.47 Å². The quantitative estimate of drug-likeness (QED) is 0.0772. The van der Waals surface area contributed by atoms with Crippen molar-refractivity contribution >= 4 is 17.8 Å². The number of allylic oxidation sites excluding steroid dienone is 2. The highest BCUT2D eigenvalue weighted by Gasteiger charge is 2.26. The molecule has 0 aliphatic carbocycles. The summed E-state index contributed by atoms with van der Waals surface area (Å²) >= 11 is 0. The molecule has 0 fully saturated rings. The summed E-state index contributed by atoms with van der Waals surface area (Å²) < 4.78 is 11.5. The maximum absolute atomic E-state index is 13.6. The van der Waals surface area contributed by atoms with E-state index in [1.54, 1.807) is 11.0 Å². The first-order valence-electron chi connectivity index (χ1n) is 16.3. The molecule has 0 spiro atoms. The number of amides is 2. The Morgan fingerprint density at radius 3 is 2.17 bits per heavy atom. The summed E-state index contributed by atoms with van der Waals surface area (Å²) in [5.74, 6) is -0.842. The third kappa shape index (κ3) is 14.1. The number of aliphatic hydroxyl groups excluding tert-OH is 1. The summed E-state index contributed by atoms with van der Waals surface area (Å²) in [6.07, 6.45) is 6.77. The Bertz CT molecular complexity index is 1380. The maximum Gasteiger partial charge on any atom is 0.305 e. The highest BCUT2D eigenvalue weighted by molar-refractivity contribution is 5.86. The van der Waals surface area contributed by atoms with Gasteiger partial charge in [0, 0.05) is 25.9 Å². The van der Waals surface area contributed by atoms with Crippen molar-refractivity contribution in [1.82, 2.24) is 10.2 Å². The van der Waals surface area contributed by atoms with Gasteiger partial charge in [-0.25, -0.2) is 0 Å². The molecule has 2 amide bonds.